The number of nitrogens with zero attached hydrogens (tertiary/aromatic N) is 1. The molecule has 94 valence electrons. The summed E-state index contributed by atoms with van der Waals surface area (Å²) in [5, 5.41) is 0. The molecule has 4 atom stereocenters. The van der Waals surface area contributed by atoms with Crippen molar-refractivity contribution in [3.63, 3.8) is 0 Å². The summed E-state index contributed by atoms with van der Waals surface area (Å²) in [6, 6.07) is 0. The van der Waals surface area contributed by atoms with E-state index >= 15 is 0 Å². The molecule has 0 aromatic carbocycles. The fourth-order valence-electron chi connectivity index (χ4n) is 4.16. The summed E-state index contributed by atoms with van der Waals surface area (Å²) in [6.45, 7) is 6.06. The lowest BCUT2D eigenvalue weighted by atomic mass is 9.81. The lowest BCUT2D eigenvalue weighted by Gasteiger charge is -2.34. The van der Waals surface area contributed by atoms with Crippen LogP contribution < -0.4 is 0 Å². The van der Waals surface area contributed by atoms with E-state index in [4.69, 9.17) is 0 Å². The fourth-order valence-corrected chi connectivity index (χ4v) is 4.16. The third-order valence-corrected chi connectivity index (χ3v) is 5.40. The number of carbonyl (C=O) groups is 2. The van der Waals surface area contributed by atoms with Crippen LogP contribution in [0, 0.1) is 23.7 Å². The average molecular weight is 235 g/mol. The van der Waals surface area contributed by atoms with Gasteiger partial charge in [-0.05, 0) is 51.4 Å². The Morgan fingerprint density at radius 3 is 2.00 bits per heavy atom. The number of hydrogen-bond donors (Lipinski definition) is 0. The molecule has 0 radical (unpaired) electrons. The Kier molecular flexibility index (Phi) is 2.20. The lowest BCUT2D eigenvalue weighted by molar-refractivity contribution is -0.147. The van der Waals surface area contributed by atoms with Crippen molar-refractivity contribution in [3.8, 4) is 0 Å². The maximum absolute atomic E-state index is 12.5. The molecule has 2 amide bonds. The van der Waals surface area contributed by atoms with E-state index in [1.54, 1.807) is 4.90 Å². The highest BCUT2D eigenvalue weighted by molar-refractivity contribution is 6.06. The van der Waals surface area contributed by atoms with Crippen molar-refractivity contribution in [1.82, 2.24) is 4.90 Å². The van der Waals surface area contributed by atoms with E-state index in [0.717, 1.165) is 25.7 Å². The van der Waals surface area contributed by atoms with Gasteiger partial charge < -0.3 is 0 Å². The largest absolute Gasteiger partial charge is 0.276 e. The summed E-state index contributed by atoms with van der Waals surface area (Å²) in [7, 11) is 0. The van der Waals surface area contributed by atoms with E-state index < -0.39 is 0 Å². The minimum atomic E-state index is -0.308. The highest BCUT2D eigenvalue weighted by Gasteiger charge is 2.62. The molecular weight excluding hydrogens is 214 g/mol. The van der Waals surface area contributed by atoms with Crippen molar-refractivity contribution in [2.75, 3.05) is 0 Å². The minimum Gasteiger partial charge on any atom is -0.276 e. The number of imide groups is 1. The summed E-state index contributed by atoms with van der Waals surface area (Å²) in [6.07, 6.45) is 4.27. The Balaban J connectivity index is 1.96. The molecule has 2 bridgehead atoms. The first-order chi connectivity index (χ1) is 7.97. The van der Waals surface area contributed by atoms with Crippen LogP contribution in [0.1, 0.15) is 46.5 Å². The maximum atomic E-state index is 12.5. The molecule has 0 aromatic heterocycles. The second kappa shape index (κ2) is 3.33. The van der Waals surface area contributed by atoms with Gasteiger partial charge in [0.2, 0.25) is 11.8 Å². The third kappa shape index (κ3) is 1.28. The Labute approximate surface area is 103 Å². The average Bonchev–Trinajstić information content (AvgIpc) is 2.92. The molecule has 3 fully saturated rings. The summed E-state index contributed by atoms with van der Waals surface area (Å²) < 4.78 is 0. The molecule has 0 N–H and O–H groups in total. The van der Waals surface area contributed by atoms with Gasteiger partial charge in [0.1, 0.15) is 0 Å². The standard InChI is InChI=1S/C14H21NO2/c1-4-14(2,3)15-12(16)10-8-5-6-9(7-8)11(10)13(15)17/h8-11H,4-7H2,1-3H3. The summed E-state index contributed by atoms with van der Waals surface area (Å²) in [4.78, 5) is 26.6. The van der Waals surface area contributed by atoms with Gasteiger partial charge in [-0.3, -0.25) is 14.5 Å². The molecule has 2 aliphatic carbocycles. The van der Waals surface area contributed by atoms with Gasteiger partial charge in [-0.15, -0.1) is 0 Å². The van der Waals surface area contributed by atoms with Crippen molar-refractivity contribution >= 4 is 11.8 Å². The summed E-state index contributed by atoms with van der Waals surface area (Å²) in [5.41, 5.74) is -0.308. The van der Waals surface area contributed by atoms with Crippen LogP contribution in [0.4, 0.5) is 0 Å². The molecule has 1 saturated heterocycles. The van der Waals surface area contributed by atoms with E-state index in [1.165, 1.54) is 0 Å². The SMILES string of the molecule is CCC(C)(C)N1C(=O)C2C3CCC(C3)C2C1=O. The first-order valence-corrected chi connectivity index (χ1v) is 6.85. The monoisotopic (exact) mass is 235 g/mol. The number of hydrogen-bond acceptors (Lipinski definition) is 2. The topological polar surface area (TPSA) is 37.4 Å². The Morgan fingerprint density at radius 2 is 1.59 bits per heavy atom. The van der Waals surface area contributed by atoms with E-state index in [0.29, 0.717) is 11.8 Å². The van der Waals surface area contributed by atoms with Crippen LogP contribution in [0.3, 0.4) is 0 Å². The second-order valence-electron chi connectivity index (χ2n) is 6.56. The van der Waals surface area contributed by atoms with Crippen LogP contribution in [0.2, 0.25) is 0 Å². The Bertz CT molecular complexity index is 360. The van der Waals surface area contributed by atoms with Crippen molar-refractivity contribution in [3.05, 3.63) is 0 Å². The molecule has 2 saturated carbocycles. The van der Waals surface area contributed by atoms with Crippen LogP contribution in [0.5, 0.6) is 0 Å². The van der Waals surface area contributed by atoms with Crippen LogP contribution in [0.15, 0.2) is 0 Å². The van der Waals surface area contributed by atoms with Gasteiger partial charge in [0.15, 0.2) is 0 Å². The normalized spacial score (nSPS) is 40.3. The number of carbonyl (C=O) groups excluding carboxylic acids is 2. The fraction of sp³-hybridized carbons (Fsp3) is 0.857. The quantitative estimate of drug-likeness (QED) is 0.688. The van der Waals surface area contributed by atoms with Crippen molar-refractivity contribution in [2.24, 2.45) is 23.7 Å². The minimum absolute atomic E-state index is 0.0343. The Hall–Kier alpha value is -0.860. The Morgan fingerprint density at radius 1 is 1.12 bits per heavy atom. The molecule has 0 spiro atoms. The molecule has 4 unspecified atom stereocenters. The molecule has 3 rings (SSSR count). The predicted octanol–water partition coefficient (Wildman–Crippen LogP) is 2.21. The number of rotatable bonds is 2. The van der Waals surface area contributed by atoms with Gasteiger partial charge >= 0.3 is 0 Å². The summed E-state index contributed by atoms with van der Waals surface area (Å²) in [5.74, 6) is 1.32. The van der Waals surface area contributed by atoms with Gasteiger partial charge in [-0.1, -0.05) is 6.92 Å². The van der Waals surface area contributed by atoms with Gasteiger partial charge in [-0.2, -0.15) is 0 Å². The lowest BCUT2D eigenvalue weighted by Crippen LogP contribution is -2.48. The van der Waals surface area contributed by atoms with Crippen LogP contribution >= 0.6 is 0 Å². The second-order valence-corrected chi connectivity index (χ2v) is 6.56. The maximum Gasteiger partial charge on any atom is 0.233 e. The molecule has 3 nitrogen and oxygen atoms in total. The zero-order chi connectivity index (χ0) is 12.4. The van der Waals surface area contributed by atoms with E-state index in [1.807, 2.05) is 20.8 Å². The zero-order valence-corrected chi connectivity index (χ0v) is 10.9. The molecule has 17 heavy (non-hydrogen) atoms. The summed E-state index contributed by atoms with van der Waals surface area (Å²) >= 11 is 0. The van der Waals surface area contributed by atoms with E-state index in [9.17, 15) is 9.59 Å². The smallest absolute Gasteiger partial charge is 0.233 e. The van der Waals surface area contributed by atoms with Gasteiger partial charge in [0.25, 0.3) is 0 Å². The van der Waals surface area contributed by atoms with Crippen molar-refractivity contribution in [1.29, 1.82) is 0 Å². The molecule has 1 aliphatic heterocycles. The zero-order valence-electron chi connectivity index (χ0n) is 10.9. The number of amides is 2. The van der Waals surface area contributed by atoms with Gasteiger partial charge in [-0.25, -0.2) is 0 Å². The highest BCUT2D eigenvalue weighted by Crippen LogP contribution is 2.57. The first kappa shape index (κ1) is 11.2. The van der Waals surface area contributed by atoms with E-state index in [2.05, 4.69) is 0 Å². The van der Waals surface area contributed by atoms with Crippen molar-refractivity contribution < 1.29 is 9.59 Å². The highest BCUT2D eigenvalue weighted by atomic mass is 16.2. The van der Waals surface area contributed by atoms with Crippen molar-refractivity contribution in [2.45, 2.75) is 52.0 Å². The molecule has 3 aliphatic rings. The molecule has 3 heteroatoms. The number of fused-ring (bicyclic) bond motifs is 5. The predicted molar refractivity (Wildman–Crippen MR) is 64.0 cm³/mol. The van der Waals surface area contributed by atoms with Gasteiger partial charge in [0.05, 0.1) is 11.8 Å². The van der Waals surface area contributed by atoms with Gasteiger partial charge in [0, 0.05) is 5.54 Å². The molecule has 0 aromatic rings. The molecular formula is C14H21NO2. The number of likely N-dealkylation sites (tertiary alicyclic amines) is 1. The third-order valence-electron chi connectivity index (χ3n) is 5.40. The van der Waals surface area contributed by atoms with Crippen LogP contribution in [-0.2, 0) is 9.59 Å². The van der Waals surface area contributed by atoms with E-state index in [-0.39, 0.29) is 29.2 Å². The van der Waals surface area contributed by atoms with Crippen LogP contribution in [-0.4, -0.2) is 22.3 Å². The molecule has 1 heterocycles. The first-order valence-electron chi connectivity index (χ1n) is 6.85. The van der Waals surface area contributed by atoms with Crippen LogP contribution in [0.25, 0.3) is 0 Å².